The van der Waals surface area contributed by atoms with Gasteiger partial charge in [0.1, 0.15) is 11.4 Å². The molecule has 2 saturated heterocycles. The van der Waals surface area contributed by atoms with E-state index in [-0.39, 0.29) is 24.4 Å². The number of hydrogen-bond donors (Lipinski definition) is 1. The number of nitrogens with zero attached hydrogens (tertiary/aromatic N) is 1. The third-order valence-corrected chi connectivity index (χ3v) is 8.70. The zero-order chi connectivity index (χ0) is 21.2. The first-order valence-corrected chi connectivity index (χ1v) is 13.0. The molecule has 3 aliphatic rings. The summed E-state index contributed by atoms with van der Waals surface area (Å²) in [6.07, 6.45) is 7.24. The minimum atomic E-state index is -3.40. The lowest BCUT2D eigenvalue weighted by Crippen LogP contribution is -2.51. The van der Waals surface area contributed by atoms with E-state index in [4.69, 9.17) is 4.74 Å². The summed E-state index contributed by atoms with van der Waals surface area (Å²) in [5, 5.41) is 8.88. The molecule has 29 heavy (non-hydrogen) atoms. The van der Waals surface area contributed by atoms with Gasteiger partial charge in [0.15, 0.2) is 9.84 Å². The van der Waals surface area contributed by atoms with Crippen molar-refractivity contribution in [3.8, 4) is 0 Å². The summed E-state index contributed by atoms with van der Waals surface area (Å²) in [6.45, 7) is 3.03. The molecule has 8 heteroatoms. The number of amides is 1. The molecule has 0 bridgehead atoms. The lowest BCUT2D eigenvalue weighted by Gasteiger charge is -2.46. The molecular weight excluding hydrogens is 394 g/mol. The first-order chi connectivity index (χ1) is 13.7. The highest BCUT2D eigenvalue weighted by Gasteiger charge is 2.41. The Hall–Kier alpha value is -1.15. The van der Waals surface area contributed by atoms with Gasteiger partial charge in [0.2, 0.25) is 5.91 Å². The molecule has 1 aliphatic carbocycles. The van der Waals surface area contributed by atoms with E-state index < -0.39 is 21.2 Å². The van der Waals surface area contributed by atoms with Crippen molar-refractivity contribution in [3.05, 3.63) is 0 Å². The summed E-state index contributed by atoms with van der Waals surface area (Å²) in [5.41, 5.74) is 0. The van der Waals surface area contributed by atoms with E-state index >= 15 is 0 Å². The molecule has 0 radical (unpaired) electrons. The average molecular weight is 430 g/mol. The summed E-state index contributed by atoms with van der Waals surface area (Å²) in [5.74, 6) is 0.831. The number of rotatable bonds is 6. The second kappa shape index (κ2) is 9.33. The summed E-state index contributed by atoms with van der Waals surface area (Å²) < 4.78 is 29.4. The summed E-state index contributed by atoms with van der Waals surface area (Å²) >= 11 is 0. The van der Waals surface area contributed by atoms with Gasteiger partial charge in [0.05, 0.1) is 12.5 Å². The fraction of sp³-hybridized carbons (Fsp3) is 0.905. The van der Waals surface area contributed by atoms with Gasteiger partial charge in [0.25, 0.3) is 0 Å². The van der Waals surface area contributed by atoms with Crippen molar-refractivity contribution in [1.82, 2.24) is 4.90 Å². The number of aliphatic hydroxyl groups excluding tert-OH is 1. The third-order valence-electron chi connectivity index (χ3n) is 7.13. The number of esters is 1. The van der Waals surface area contributed by atoms with E-state index in [1.165, 1.54) is 12.8 Å². The molecule has 1 saturated carbocycles. The highest BCUT2D eigenvalue weighted by Crippen LogP contribution is 2.42. The maximum Gasteiger partial charge on any atom is 0.308 e. The minimum absolute atomic E-state index is 0.0840. The van der Waals surface area contributed by atoms with Crippen LogP contribution in [0.15, 0.2) is 0 Å². The maximum absolute atomic E-state index is 12.9. The molecule has 0 aromatic rings. The molecular formula is C21H35NO6S. The number of cyclic esters (lactones) is 1. The van der Waals surface area contributed by atoms with Crippen LogP contribution in [0.3, 0.4) is 0 Å². The Balaban J connectivity index is 1.62. The van der Waals surface area contributed by atoms with Crippen LogP contribution in [-0.2, 0) is 24.2 Å². The van der Waals surface area contributed by atoms with Gasteiger partial charge in [-0.15, -0.1) is 0 Å². The van der Waals surface area contributed by atoms with Gasteiger partial charge in [-0.3, -0.25) is 9.59 Å². The Morgan fingerprint density at radius 3 is 2.69 bits per heavy atom. The second-order valence-electron chi connectivity index (χ2n) is 9.20. The van der Waals surface area contributed by atoms with Gasteiger partial charge in [0, 0.05) is 25.8 Å². The smallest absolute Gasteiger partial charge is 0.308 e. The maximum atomic E-state index is 12.9. The van der Waals surface area contributed by atoms with Crippen molar-refractivity contribution in [2.45, 2.75) is 82.2 Å². The lowest BCUT2D eigenvalue weighted by molar-refractivity contribution is -0.160. The summed E-state index contributed by atoms with van der Waals surface area (Å²) in [6, 6.07) is 0. The molecule has 6 atom stereocenters. The average Bonchev–Trinajstić information content (AvgIpc) is 2.64. The normalized spacial score (nSPS) is 34.2. The summed E-state index contributed by atoms with van der Waals surface area (Å²) in [4.78, 5) is 26.3. The monoisotopic (exact) mass is 429 g/mol. The van der Waals surface area contributed by atoms with Gasteiger partial charge in [-0.2, -0.15) is 0 Å². The highest BCUT2D eigenvalue weighted by molar-refractivity contribution is 7.92. The number of carbonyl (C=O) groups excluding carboxylic acids is 2. The van der Waals surface area contributed by atoms with Crippen LogP contribution in [0.4, 0.5) is 0 Å². The van der Waals surface area contributed by atoms with Crippen LogP contribution in [0, 0.1) is 17.8 Å². The Bertz CT molecular complexity index is 708. The zero-order valence-electron chi connectivity index (χ0n) is 17.6. The van der Waals surface area contributed by atoms with Gasteiger partial charge < -0.3 is 14.7 Å². The number of likely N-dealkylation sites (tertiary alicyclic amines) is 1. The lowest BCUT2D eigenvalue weighted by atomic mass is 9.67. The SMILES string of the molecule is CCC(C(=O)N1CCC2CCCC(CCC3CC(O)CC(=O)O3)C2C1)S(C)(=O)=O. The number of ether oxygens (including phenoxy) is 1. The molecule has 3 rings (SSSR count). The van der Waals surface area contributed by atoms with Crippen LogP contribution in [0.2, 0.25) is 0 Å². The first kappa shape index (κ1) is 22.5. The van der Waals surface area contributed by atoms with Crippen molar-refractivity contribution in [1.29, 1.82) is 0 Å². The van der Waals surface area contributed by atoms with Crippen molar-refractivity contribution in [3.63, 3.8) is 0 Å². The predicted octanol–water partition coefficient (Wildman–Crippen LogP) is 1.92. The Labute approximate surface area is 174 Å². The number of hydrogen-bond acceptors (Lipinski definition) is 6. The Kier molecular flexibility index (Phi) is 7.25. The molecule has 1 amide bonds. The molecule has 2 aliphatic heterocycles. The van der Waals surface area contributed by atoms with Crippen LogP contribution >= 0.6 is 0 Å². The fourth-order valence-corrected chi connectivity index (χ4v) is 6.76. The molecule has 0 aromatic heterocycles. The van der Waals surface area contributed by atoms with Crippen LogP contribution < -0.4 is 0 Å². The van der Waals surface area contributed by atoms with Gasteiger partial charge in [-0.05, 0) is 43.4 Å². The standard InChI is InChI=1S/C21H35NO6S/c1-3-19(29(2,26)27)21(25)22-10-9-15-6-4-5-14(18(15)13-22)7-8-17-11-16(23)12-20(24)28-17/h14-19,23H,3-13H2,1-2H3. The Morgan fingerprint density at radius 1 is 1.28 bits per heavy atom. The van der Waals surface area contributed by atoms with Gasteiger partial charge >= 0.3 is 5.97 Å². The molecule has 6 unspecified atom stereocenters. The second-order valence-corrected chi connectivity index (χ2v) is 11.4. The molecule has 166 valence electrons. The van der Waals surface area contributed by atoms with E-state index in [1.807, 2.05) is 0 Å². The first-order valence-electron chi connectivity index (χ1n) is 11.0. The highest BCUT2D eigenvalue weighted by atomic mass is 32.2. The topological polar surface area (TPSA) is 101 Å². The van der Waals surface area contributed by atoms with E-state index in [0.717, 1.165) is 31.9 Å². The molecule has 0 aromatic carbocycles. The number of piperidine rings is 1. The molecule has 3 fully saturated rings. The Morgan fingerprint density at radius 2 is 2.03 bits per heavy atom. The number of sulfone groups is 1. The van der Waals surface area contributed by atoms with Crippen molar-refractivity contribution in [2.75, 3.05) is 19.3 Å². The van der Waals surface area contributed by atoms with E-state index in [9.17, 15) is 23.1 Å². The zero-order valence-corrected chi connectivity index (χ0v) is 18.4. The van der Waals surface area contributed by atoms with Gasteiger partial charge in [-0.1, -0.05) is 26.2 Å². The van der Waals surface area contributed by atoms with E-state index in [2.05, 4.69) is 0 Å². The molecule has 1 N–H and O–H groups in total. The number of aliphatic hydroxyl groups is 1. The van der Waals surface area contributed by atoms with Crippen LogP contribution in [0.5, 0.6) is 0 Å². The van der Waals surface area contributed by atoms with Gasteiger partial charge in [-0.25, -0.2) is 8.42 Å². The molecule has 2 heterocycles. The largest absolute Gasteiger partial charge is 0.462 e. The minimum Gasteiger partial charge on any atom is -0.462 e. The third kappa shape index (κ3) is 5.51. The van der Waals surface area contributed by atoms with E-state index in [1.54, 1.807) is 11.8 Å². The van der Waals surface area contributed by atoms with Crippen LogP contribution in [-0.4, -0.2) is 67.1 Å². The number of carbonyl (C=O) groups is 2. The summed E-state index contributed by atoms with van der Waals surface area (Å²) in [7, 11) is -3.40. The quantitative estimate of drug-likeness (QED) is 0.648. The van der Waals surface area contributed by atoms with Crippen LogP contribution in [0.25, 0.3) is 0 Å². The molecule has 7 nitrogen and oxygen atoms in total. The molecule has 0 spiro atoms. The van der Waals surface area contributed by atoms with Crippen molar-refractivity contribution < 1.29 is 27.9 Å². The predicted molar refractivity (Wildman–Crippen MR) is 109 cm³/mol. The number of fused-ring (bicyclic) bond motifs is 1. The van der Waals surface area contributed by atoms with E-state index in [0.29, 0.717) is 43.7 Å². The fourth-order valence-electron chi connectivity index (χ4n) is 5.64. The van der Waals surface area contributed by atoms with Crippen molar-refractivity contribution >= 4 is 21.7 Å². The van der Waals surface area contributed by atoms with Crippen molar-refractivity contribution in [2.24, 2.45) is 17.8 Å². The van der Waals surface area contributed by atoms with Crippen LogP contribution in [0.1, 0.15) is 64.7 Å².